The second-order valence-electron chi connectivity index (χ2n) is 5.09. The minimum atomic E-state index is 0.785. The molecule has 0 aromatic rings. The first-order valence-corrected chi connectivity index (χ1v) is 6.06. The fourth-order valence-corrected chi connectivity index (χ4v) is 2.29. The molecule has 0 radical (unpaired) electrons. The van der Waals surface area contributed by atoms with E-state index in [1.807, 2.05) is 0 Å². The van der Waals surface area contributed by atoms with Gasteiger partial charge < -0.3 is 10.2 Å². The molecular formula is C12H26N2. The van der Waals surface area contributed by atoms with Gasteiger partial charge in [0.05, 0.1) is 0 Å². The molecule has 84 valence electrons. The largest absolute Gasteiger partial charge is 0.317 e. The molecule has 1 fully saturated rings. The second-order valence-corrected chi connectivity index (χ2v) is 5.09. The third kappa shape index (κ3) is 3.58. The van der Waals surface area contributed by atoms with Crippen LogP contribution in [0.3, 0.4) is 0 Å². The van der Waals surface area contributed by atoms with E-state index < -0.39 is 0 Å². The van der Waals surface area contributed by atoms with Crippen molar-refractivity contribution in [3.63, 3.8) is 0 Å². The van der Waals surface area contributed by atoms with Crippen molar-refractivity contribution in [1.82, 2.24) is 10.2 Å². The quantitative estimate of drug-likeness (QED) is 0.725. The zero-order chi connectivity index (χ0) is 10.6. The molecule has 1 aliphatic rings. The highest BCUT2D eigenvalue weighted by atomic mass is 15.2. The Balaban J connectivity index is 2.18. The molecule has 2 nitrogen and oxygen atoms in total. The summed E-state index contributed by atoms with van der Waals surface area (Å²) in [4.78, 5) is 2.62. The first-order chi connectivity index (χ1) is 6.63. The van der Waals surface area contributed by atoms with Gasteiger partial charge in [-0.15, -0.1) is 0 Å². The molecule has 1 aliphatic heterocycles. The molecule has 0 spiro atoms. The van der Waals surface area contributed by atoms with Crippen molar-refractivity contribution in [2.24, 2.45) is 17.8 Å². The minimum absolute atomic E-state index is 0.785. The van der Waals surface area contributed by atoms with Gasteiger partial charge >= 0.3 is 0 Å². The molecular weight excluding hydrogens is 172 g/mol. The number of rotatable bonds is 5. The van der Waals surface area contributed by atoms with Gasteiger partial charge in [0.1, 0.15) is 0 Å². The van der Waals surface area contributed by atoms with Crippen molar-refractivity contribution < 1.29 is 0 Å². The highest BCUT2D eigenvalue weighted by Gasteiger charge is 2.26. The molecule has 0 aromatic carbocycles. The predicted octanol–water partition coefficient (Wildman–Crippen LogP) is 1.82. The molecule has 1 N–H and O–H groups in total. The summed E-state index contributed by atoms with van der Waals surface area (Å²) in [7, 11) is 0. The lowest BCUT2D eigenvalue weighted by Gasteiger charge is -2.20. The molecule has 1 rings (SSSR count). The highest BCUT2D eigenvalue weighted by Crippen LogP contribution is 2.22. The van der Waals surface area contributed by atoms with Gasteiger partial charge in [-0.2, -0.15) is 0 Å². The van der Waals surface area contributed by atoms with Crippen molar-refractivity contribution in [2.75, 3.05) is 32.7 Å². The lowest BCUT2D eigenvalue weighted by atomic mass is 10.0. The first-order valence-electron chi connectivity index (χ1n) is 6.06. The van der Waals surface area contributed by atoms with Gasteiger partial charge in [-0.3, -0.25) is 0 Å². The molecule has 0 saturated carbocycles. The number of nitrogens with one attached hydrogen (secondary N) is 1. The smallest absolute Gasteiger partial charge is 0.00194 e. The van der Waals surface area contributed by atoms with E-state index in [9.17, 15) is 0 Å². The monoisotopic (exact) mass is 198 g/mol. The molecule has 2 heteroatoms. The van der Waals surface area contributed by atoms with Crippen molar-refractivity contribution in [3.8, 4) is 0 Å². The van der Waals surface area contributed by atoms with E-state index in [4.69, 9.17) is 0 Å². The summed E-state index contributed by atoms with van der Waals surface area (Å²) in [6.45, 7) is 15.4. The van der Waals surface area contributed by atoms with Crippen LogP contribution in [0.4, 0.5) is 0 Å². The SMILES string of the molecule is CCNCC(C)CN1CC(C)C(C)C1. The Labute approximate surface area is 89.1 Å². The van der Waals surface area contributed by atoms with Gasteiger partial charge in [-0.05, 0) is 30.8 Å². The van der Waals surface area contributed by atoms with E-state index in [-0.39, 0.29) is 0 Å². The average molecular weight is 198 g/mol. The van der Waals surface area contributed by atoms with Crippen LogP contribution in [-0.2, 0) is 0 Å². The molecule has 1 saturated heterocycles. The van der Waals surface area contributed by atoms with Crippen LogP contribution < -0.4 is 5.32 Å². The molecule has 3 atom stereocenters. The van der Waals surface area contributed by atoms with Crippen molar-refractivity contribution >= 4 is 0 Å². The summed E-state index contributed by atoms with van der Waals surface area (Å²) in [6.07, 6.45) is 0. The molecule has 3 unspecified atom stereocenters. The Kier molecular flexibility index (Phi) is 4.90. The predicted molar refractivity (Wildman–Crippen MR) is 62.5 cm³/mol. The van der Waals surface area contributed by atoms with Gasteiger partial charge in [0.25, 0.3) is 0 Å². The molecule has 14 heavy (non-hydrogen) atoms. The number of hydrogen-bond donors (Lipinski definition) is 1. The third-order valence-electron chi connectivity index (χ3n) is 3.38. The maximum atomic E-state index is 3.42. The second kappa shape index (κ2) is 5.72. The summed E-state index contributed by atoms with van der Waals surface area (Å²) in [5, 5.41) is 3.42. The fourth-order valence-electron chi connectivity index (χ4n) is 2.29. The van der Waals surface area contributed by atoms with Crippen LogP contribution in [-0.4, -0.2) is 37.6 Å². The van der Waals surface area contributed by atoms with E-state index in [1.54, 1.807) is 0 Å². The molecule has 1 heterocycles. The van der Waals surface area contributed by atoms with E-state index in [0.29, 0.717) is 0 Å². The Morgan fingerprint density at radius 2 is 1.86 bits per heavy atom. The Hall–Kier alpha value is -0.0800. The van der Waals surface area contributed by atoms with Crippen LogP contribution in [0.5, 0.6) is 0 Å². The zero-order valence-electron chi connectivity index (χ0n) is 10.2. The third-order valence-corrected chi connectivity index (χ3v) is 3.38. The Morgan fingerprint density at radius 3 is 2.36 bits per heavy atom. The number of hydrogen-bond acceptors (Lipinski definition) is 2. The van der Waals surface area contributed by atoms with Crippen LogP contribution >= 0.6 is 0 Å². The van der Waals surface area contributed by atoms with E-state index in [1.165, 1.54) is 19.6 Å². The number of likely N-dealkylation sites (tertiary alicyclic amines) is 1. The van der Waals surface area contributed by atoms with Gasteiger partial charge in [-0.1, -0.05) is 27.7 Å². The summed E-state index contributed by atoms with van der Waals surface area (Å²) in [5.41, 5.74) is 0. The van der Waals surface area contributed by atoms with Gasteiger partial charge in [0.2, 0.25) is 0 Å². The first kappa shape index (κ1) is 12.0. The number of nitrogens with zero attached hydrogens (tertiary/aromatic N) is 1. The Bertz CT molecular complexity index is 148. The van der Waals surface area contributed by atoms with Crippen LogP contribution in [0.25, 0.3) is 0 Å². The van der Waals surface area contributed by atoms with E-state index in [2.05, 4.69) is 37.9 Å². The van der Waals surface area contributed by atoms with Crippen LogP contribution in [0.15, 0.2) is 0 Å². The average Bonchev–Trinajstić information content (AvgIpc) is 2.42. The summed E-state index contributed by atoms with van der Waals surface area (Å²) < 4.78 is 0. The van der Waals surface area contributed by atoms with Crippen molar-refractivity contribution in [3.05, 3.63) is 0 Å². The van der Waals surface area contributed by atoms with Gasteiger partial charge in [0.15, 0.2) is 0 Å². The highest BCUT2D eigenvalue weighted by molar-refractivity contribution is 4.79. The molecule has 0 aromatic heterocycles. The normalized spacial score (nSPS) is 30.9. The van der Waals surface area contributed by atoms with E-state index >= 15 is 0 Å². The van der Waals surface area contributed by atoms with Crippen molar-refractivity contribution in [2.45, 2.75) is 27.7 Å². The fraction of sp³-hybridized carbons (Fsp3) is 1.00. The molecule has 0 amide bonds. The summed E-state index contributed by atoms with van der Waals surface area (Å²) >= 11 is 0. The van der Waals surface area contributed by atoms with Crippen LogP contribution in [0, 0.1) is 17.8 Å². The molecule has 0 aliphatic carbocycles. The maximum absolute atomic E-state index is 3.42. The summed E-state index contributed by atoms with van der Waals surface area (Å²) in [5.74, 6) is 2.56. The summed E-state index contributed by atoms with van der Waals surface area (Å²) in [6, 6.07) is 0. The Morgan fingerprint density at radius 1 is 1.29 bits per heavy atom. The minimum Gasteiger partial charge on any atom is -0.317 e. The zero-order valence-corrected chi connectivity index (χ0v) is 10.2. The maximum Gasteiger partial charge on any atom is 0.00194 e. The lowest BCUT2D eigenvalue weighted by molar-refractivity contribution is 0.273. The van der Waals surface area contributed by atoms with Crippen LogP contribution in [0.2, 0.25) is 0 Å². The lowest BCUT2D eigenvalue weighted by Crippen LogP contribution is -2.32. The van der Waals surface area contributed by atoms with Crippen LogP contribution in [0.1, 0.15) is 27.7 Å². The topological polar surface area (TPSA) is 15.3 Å². The van der Waals surface area contributed by atoms with Crippen molar-refractivity contribution in [1.29, 1.82) is 0 Å². The van der Waals surface area contributed by atoms with Gasteiger partial charge in [0, 0.05) is 19.6 Å². The standard InChI is InChI=1S/C12H26N2/c1-5-13-6-10(2)7-14-8-11(3)12(4)9-14/h10-13H,5-9H2,1-4H3. The van der Waals surface area contributed by atoms with Gasteiger partial charge in [-0.25, -0.2) is 0 Å². The molecule has 0 bridgehead atoms. The van der Waals surface area contributed by atoms with E-state index in [0.717, 1.165) is 30.8 Å².